The summed E-state index contributed by atoms with van der Waals surface area (Å²) in [6.07, 6.45) is 7.51. The van der Waals surface area contributed by atoms with Gasteiger partial charge in [0, 0.05) is 49.2 Å². The zero-order chi connectivity index (χ0) is 32.8. The molecule has 7 nitrogen and oxygen atoms in total. The van der Waals surface area contributed by atoms with Crippen molar-refractivity contribution in [3.05, 3.63) is 59.0 Å². The number of halogens is 2. The number of rotatable bonds is 9. The van der Waals surface area contributed by atoms with Gasteiger partial charge in [-0.1, -0.05) is 70.5 Å². The number of methoxy groups -OCH3 is 1. The molecule has 0 radical (unpaired) electrons. The summed E-state index contributed by atoms with van der Waals surface area (Å²) >= 11 is 0. The maximum Gasteiger partial charge on any atom is 0.282 e. The van der Waals surface area contributed by atoms with E-state index in [9.17, 15) is 18.4 Å². The molecule has 1 aromatic heterocycles. The lowest BCUT2D eigenvalue weighted by Crippen LogP contribution is -2.43. The number of aromatic nitrogens is 2. The maximum atomic E-state index is 13.4. The molecule has 1 aliphatic carbocycles. The Morgan fingerprint density at radius 2 is 1.75 bits per heavy atom. The summed E-state index contributed by atoms with van der Waals surface area (Å²) in [7, 11) is 1.57. The van der Waals surface area contributed by atoms with E-state index in [4.69, 9.17) is 4.74 Å². The van der Waals surface area contributed by atoms with Gasteiger partial charge in [-0.05, 0) is 44.2 Å². The van der Waals surface area contributed by atoms with E-state index in [1.165, 1.54) is 5.57 Å². The predicted octanol–water partition coefficient (Wildman–Crippen LogP) is 7.92. The molecule has 44 heavy (non-hydrogen) atoms. The maximum absolute atomic E-state index is 13.4. The Morgan fingerprint density at radius 3 is 2.23 bits per heavy atom. The minimum Gasteiger partial charge on any atom is -0.496 e. The molecule has 1 saturated heterocycles. The number of allylic oxidation sites excluding steroid dienone is 3. The Labute approximate surface area is 261 Å². The van der Waals surface area contributed by atoms with Gasteiger partial charge in [0.25, 0.3) is 6.43 Å². The molecule has 5 rings (SSSR count). The smallest absolute Gasteiger partial charge is 0.282 e. The molecule has 0 spiro atoms. The monoisotopic (exact) mass is 612 g/mol. The molecule has 1 N–H and O–H groups in total. The lowest BCUT2D eigenvalue weighted by Gasteiger charge is -2.27. The first-order chi connectivity index (χ1) is 21.1. The third-order valence-corrected chi connectivity index (χ3v) is 7.52. The van der Waals surface area contributed by atoms with E-state index in [0.29, 0.717) is 47.3 Å². The zero-order valence-corrected chi connectivity index (χ0v) is 27.7. The number of ether oxygens (including phenoxy) is 1. The van der Waals surface area contributed by atoms with Crippen molar-refractivity contribution in [3.63, 3.8) is 0 Å². The number of aliphatic imine (C=N–C) groups is 1. The second kappa shape index (κ2) is 18.4. The van der Waals surface area contributed by atoms with Crippen LogP contribution in [-0.2, 0) is 16.0 Å². The minimum absolute atomic E-state index is 0.136. The average molecular weight is 613 g/mol. The van der Waals surface area contributed by atoms with Crippen LogP contribution in [0.5, 0.6) is 5.75 Å². The summed E-state index contributed by atoms with van der Waals surface area (Å²) in [5.74, 6) is 1.72. The van der Waals surface area contributed by atoms with Gasteiger partial charge in [0.15, 0.2) is 5.78 Å². The van der Waals surface area contributed by atoms with Gasteiger partial charge in [0.2, 0.25) is 0 Å². The first-order valence-corrected chi connectivity index (χ1v) is 15.8. The van der Waals surface area contributed by atoms with Crippen molar-refractivity contribution in [2.24, 2.45) is 10.9 Å². The predicted molar refractivity (Wildman–Crippen MR) is 175 cm³/mol. The first kappa shape index (κ1) is 36.7. The first-order valence-electron chi connectivity index (χ1n) is 15.8. The molecule has 2 aromatic rings. The number of nitrogens with one attached hydrogen (secondary N) is 1. The van der Waals surface area contributed by atoms with Gasteiger partial charge in [-0.25, -0.2) is 8.78 Å². The van der Waals surface area contributed by atoms with Crippen molar-refractivity contribution >= 4 is 17.3 Å². The van der Waals surface area contributed by atoms with E-state index in [1.807, 2.05) is 78.8 Å². The summed E-state index contributed by atoms with van der Waals surface area (Å²) in [6.45, 7) is 15.9. The van der Waals surface area contributed by atoms with E-state index in [0.717, 1.165) is 49.9 Å². The fourth-order valence-corrected chi connectivity index (χ4v) is 4.78. The summed E-state index contributed by atoms with van der Waals surface area (Å²) in [6, 6.07) is 5.77. The lowest BCUT2D eigenvalue weighted by atomic mass is 10.0. The highest BCUT2D eigenvalue weighted by molar-refractivity contribution is 6.46. The molecular weight excluding hydrogens is 562 g/mol. The van der Waals surface area contributed by atoms with Crippen LogP contribution in [0.25, 0.3) is 11.1 Å². The normalized spacial score (nSPS) is 15.8. The van der Waals surface area contributed by atoms with Gasteiger partial charge < -0.3 is 10.1 Å². The number of Topliss-reactive ketones (excluding diaryl/α,β-unsaturated/α-hetero) is 2. The van der Waals surface area contributed by atoms with E-state index in [2.05, 4.69) is 15.4 Å². The number of nitrogens with zero attached hydrogens (tertiary/aromatic N) is 3. The molecule has 0 unspecified atom stereocenters. The largest absolute Gasteiger partial charge is 0.496 e. The van der Waals surface area contributed by atoms with Gasteiger partial charge >= 0.3 is 0 Å². The number of ketones is 2. The lowest BCUT2D eigenvalue weighted by molar-refractivity contribution is -0.120. The van der Waals surface area contributed by atoms with E-state index in [-0.39, 0.29) is 17.5 Å². The molecule has 3 heterocycles. The van der Waals surface area contributed by atoms with Crippen molar-refractivity contribution < 1.29 is 23.1 Å². The van der Waals surface area contributed by atoms with Gasteiger partial charge in [-0.15, -0.1) is 0 Å². The fourth-order valence-electron chi connectivity index (χ4n) is 4.78. The summed E-state index contributed by atoms with van der Waals surface area (Å²) in [5, 5.41) is 7.24. The summed E-state index contributed by atoms with van der Waals surface area (Å²) in [4.78, 5) is 26.3. The Morgan fingerprint density at radius 1 is 1.07 bits per heavy atom. The molecule has 0 bridgehead atoms. The van der Waals surface area contributed by atoms with Crippen molar-refractivity contribution in [1.29, 1.82) is 0 Å². The third-order valence-electron chi connectivity index (χ3n) is 7.52. The molecule has 2 aliphatic heterocycles. The van der Waals surface area contributed by atoms with Crippen LogP contribution in [0.3, 0.4) is 0 Å². The van der Waals surface area contributed by atoms with E-state index < -0.39 is 6.43 Å². The van der Waals surface area contributed by atoms with Crippen molar-refractivity contribution in [1.82, 2.24) is 15.1 Å². The van der Waals surface area contributed by atoms with Crippen molar-refractivity contribution in [3.8, 4) is 16.9 Å². The number of alkyl halides is 2. The van der Waals surface area contributed by atoms with E-state index >= 15 is 0 Å². The SMILES string of the molecule is CC.CCC(=O)C1=NCC=C(C)C=C1C.CCC(=O)C1CC1.CCc1cccc(-c2cn(C3CNC3)nc2C(F)F)c1OC. The highest BCUT2D eigenvalue weighted by Crippen LogP contribution is 2.38. The number of aryl methyl sites for hydroxylation is 1. The molecule has 9 heteroatoms. The number of hydrogen-bond donors (Lipinski definition) is 1. The molecule has 0 atom stereocenters. The Hall–Kier alpha value is -3.46. The van der Waals surface area contributed by atoms with Crippen molar-refractivity contribution in [2.75, 3.05) is 26.7 Å². The quantitative estimate of drug-likeness (QED) is 0.311. The highest BCUT2D eigenvalue weighted by Gasteiger charge is 2.28. The highest BCUT2D eigenvalue weighted by atomic mass is 19.3. The van der Waals surface area contributed by atoms with Gasteiger partial charge in [-0.3, -0.25) is 19.3 Å². The number of hydrogen-bond acceptors (Lipinski definition) is 6. The van der Waals surface area contributed by atoms with Crippen LogP contribution in [0.15, 0.2) is 52.7 Å². The van der Waals surface area contributed by atoms with Gasteiger partial charge in [-0.2, -0.15) is 5.10 Å². The number of carbonyl (C=O) groups excluding carboxylic acids is 2. The topological polar surface area (TPSA) is 85.6 Å². The van der Waals surface area contributed by atoms with E-state index in [1.54, 1.807) is 18.0 Å². The number of para-hydroxylation sites is 1. The molecule has 242 valence electrons. The standard InChI is InChI=1S/C16H19F2N3O.C11H15NO.C6H10O.C2H6/c1-3-10-5-4-6-12(15(10)22-2)13-9-21(11-7-19-8-11)20-14(13)16(17)18;1-4-10(13)11-9(3)7-8(2)5-6-12-11;1-2-6(7)5-3-4-5;1-2/h4-6,9,11,16,19H,3,7-8H2,1-2H3;5,7H,4,6H2,1-3H3;5H,2-4H2,1H3;1-2H3. The molecule has 2 fully saturated rings. The molecular formula is C35H50F2N4O3. The number of carbonyl (C=O) groups is 2. The molecule has 1 aromatic carbocycles. The second-order valence-corrected chi connectivity index (χ2v) is 10.7. The van der Waals surface area contributed by atoms with Crippen LogP contribution >= 0.6 is 0 Å². The molecule has 1 saturated carbocycles. The fraction of sp³-hybridized carbons (Fsp3) is 0.543. The van der Waals surface area contributed by atoms with Crippen LogP contribution in [-0.4, -0.2) is 53.8 Å². The summed E-state index contributed by atoms with van der Waals surface area (Å²) < 4.78 is 33.9. The molecule has 0 amide bonds. The van der Waals surface area contributed by atoms with Gasteiger partial charge in [0.1, 0.15) is 22.9 Å². The second-order valence-electron chi connectivity index (χ2n) is 10.7. The minimum atomic E-state index is -2.61. The van der Waals surface area contributed by atoms with Crippen LogP contribution < -0.4 is 10.1 Å². The van der Waals surface area contributed by atoms with Crippen LogP contribution in [0.2, 0.25) is 0 Å². The van der Waals surface area contributed by atoms with Crippen LogP contribution in [0.4, 0.5) is 8.78 Å². The molecule has 3 aliphatic rings. The Kier molecular flexibility index (Phi) is 15.3. The Balaban J connectivity index is 0.000000258. The van der Waals surface area contributed by atoms with Crippen LogP contribution in [0, 0.1) is 5.92 Å². The third kappa shape index (κ3) is 10.0. The van der Waals surface area contributed by atoms with Gasteiger partial charge in [0.05, 0.1) is 19.7 Å². The van der Waals surface area contributed by atoms with Crippen LogP contribution in [0.1, 0.15) is 97.9 Å². The summed E-state index contributed by atoms with van der Waals surface area (Å²) in [5.41, 5.74) is 4.76. The zero-order valence-electron chi connectivity index (χ0n) is 27.7. The average Bonchev–Trinajstić information content (AvgIpc) is 3.80. The number of benzene rings is 1. The van der Waals surface area contributed by atoms with Crippen molar-refractivity contribution in [2.45, 2.75) is 93.0 Å². The Bertz CT molecular complexity index is 1340.